The van der Waals surface area contributed by atoms with Crippen LogP contribution in [0, 0.1) is 5.92 Å². The van der Waals surface area contributed by atoms with Crippen LogP contribution in [0.1, 0.15) is 37.1 Å². The molecule has 1 aliphatic rings. The smallest absolute Gasteiger partial charge is 0.107 e. The summed E-state index contributed by atoms with van der Waals surface area (Å²) in [7, 11) is 2.02. The SMILES string of the molecule is CCOC1CC(CC(NC)c2cc(Br)c(Cl)s2)C1. The molecule has 18 heavy (non-hydrogen) atoms. The largest absolute Gasteiger partial charge is 0.378 e. The predicted molar refractivity (Wildman–Crippen MR) is 81.6 cm³/mol. The fraction of sp³-hybridized carbons (Fsp3) is 0.692. The lowest BCUT2D eigenvalue weighted by molar-refractivity contribution is -0.0288. The van der Waals surface area contributed by atoms with E-state index in [-0.39, 0.29) is 0 Å². The summed E-state index contributed by atoms with van der Waals surface area (Å²) in [6.45, 7) is 2.90. The molecule has 0 aromatic carbocycles. The molecule has 0 bridgehead atoms. The molecule has 1 aromatic heterocycles. The van der Waals surface area contributed by atoms with Crippen LogP contribution in [-0.2, 0) is 4.74 Å². The second-order valence-electron chi connectivity index (χ2n) is 4.76. The van der Waals surface area contributed by atoms with Gasteiger partial charge in [0.15, 0.2) is 0 Å². The number of hydrogen-bond donors (Lipinski definition) is 1. The van der Waals surface area contributed by atoms with Crippen LogP contribution in [-0.4, -0.2) is 19.8 Å². The van der Waals surface area contributed by atoms with Crippen LogP contribution in [0.15, 0.2) is 10.5 Å². The van der Waals surface area contributed by atoms with Gasteiger partial charge in [-0.1, -0.05) is 11.6 Å². The van der Waals surface area contributed by atoms with Crippen LogP contribution in [0.2, 0.25) is 4.34 Å². The Hall–Kier alpha value is 0.390. The Labute approximate surface area is 126 Å². The van der Waals surface area contributed by atoms with Gasteiger partial charge in [-0.3, -0.25) is 0 Å². The topological polar surface area (TPSA) is 21.3 Å². The van der Waals surface area contributed by atoms with E-state index in [4.69, 9.17) is 16.3 Å². The van der Waals surface area contributed by atoms with E-state index in [2.05, 4.69) is 34.2 Å². The van der Waals surface area contributed by atoms with Crippen LogP contribution < -0.4 is 5.32 Å². The number of thiophene rings is 1. The zero-order chi connectivity index (χ0) is 13.1. The van der Waals surface area contributed by atoms with Gasteiger partial charge in [-0.05, 0) is 61.1 Å². The van der Waals surface area contributed by atoms with Crippen LogP contribution in [0.25, 0.3) is 0 Å². The molecule has 1 heterocycles. The number of halogens is 2. The first kappa shape index (κ1) is 14.8. The second kappa shape index (κ2) is 6.71. The van der Waals surface area contributed by atoms with Gasteiger partial charge in [-0.25, -0.2) is 0 Å². The third-order valence-corrected chi connectivity index (χ3v) is 6.11. The lowest BCUT2D eigenvalue weighted by Crippen LogP contribution is -2.34. The minimum Gasteiger partial charge on any atom is -0.378 e. The van der Waals surface area contributed by atoms with Gasteiger partial charge in [0.1, 0.15) is 4.34 Å². The number of hydrogen-bond acceptors (Lipinski definition) is 3. The van der Waals surface area contributed by atoms with E-state index in [1.54, 1.807) is 11.3 Å². The van der Waals surface area contributed by atoms with E-state index in [9.17, 15) is 0 Å². The number of ether oxygens (including phenoxy) is 1. The molecule has 1 saturated carbocycles. The summed E-state index contributed by atoms with van der Waals surface area (Å²) in [5.74, 6) is 0.777. The highest BCUT2D eigenvalue weighted by molar-refractivity contribution is 9.10. The highest BCUT2D eigenvalue weighted by atomic mass is 79.9. The fourth-order valence-electron chi connectivity index (χ4n) is 2.48. The molecular formula is C13H19BrClNOS. The maximum absolute atomic E-state index is 6.10. The van der Waals surface area contributed by atoms with E-state index >= 15 is 0 Å². The van der Waals surface area contributed by atoms with Gasteiger partial charge in [-0.15, -0.1) is 11.3 Å². The van der Waals surface area contributed by atoms with Crippen molar-refractivity contribution in [2.75, 3.05) is 13.7 Å². The van der Waals surface area contributed by atoms with Crippen molar-refractivity contribution >= 4 is 38.9 Å². The minimum absolute atomic E-state index is 0.409. The standard InChI is InChI=1S/C13H19BrClNOS/c1-3-17-9-4-8(5-9)6-11(16-2)12-7-10(14)13(15)18-12/h7-9,11,16H,3-6H2,1-2H3. The Bertz CT molecular complexity index is 373. The Kier molecular flexibility index (Phi) is 5.51. The van der Waals surface area contributed by atoms with Crippen molar-refractivity contribution in [2.24, 2.45) is 5.92 Å². The van der Waals surface area contributed by atoms with Crippen molar-refractivity contribution < 1.29 is 4.74 Å². The quantitative estimate of drug-likeness (QED) is 0.806. The lowest BCUT2D eigenvalue weighted by Gasteiger charge is -2.36. The molecule has 2 rings (SSSR count). The average molecular weight is 353 g/mol. The molecular weight excluding hydrogens is 334 g/mol. The fourth-order valence-corrected chi connectivity index (χ4v) is 4.34. The van der Waals surface area contributed by atoms with Crippen LogP contribution >= 0.6 is 38.9 Å². The van der Waals surface area contributed by atoms with Gasteiger partial charge < -0.3 is 10.1 Å². The van der Waals surface area contributed by atoms with Crippen molar-refractivity contribution in [2.45, 2.75) is 38.3 Å². The lowest BCUT2D eigenvalue weighted by atomic mass is 9.78. The van der Waals surface area contributed by atoms with Crippen molar-refractivity contribution in [3.05, 3.63) is 19.8 Å². The van der Waals surface area contributed by atoms with E-state index in [1.807, 2.05) is 7.05 Å². The van der Waals surface area contributed by atoms with E-state index < -0.39 is 0 Å². The summed E-state index contributed by atoms with van der Waals surface area (Å²) in [4.78, 5) is 1.31. The zero-order valence-corrected chi connectivity index (χ0v) is 13.9. The molecule has 0 amide bonds. The van der Waals surface area contributed by atoms with Crippen molar-refractivity contribution in [1.82, 2.24) is 5.32 Å². The molecule has 1 atom stereocenters. The van der Waals surface area contributed by atoms with Gasteiger partial charge in [0.05, 0.1) is 6.10 Å². The highest BCUT2D eigenvalue weighted by Crippen LogP contribution is 2.41. The molecule has 1 unspecified atom stereocenters. The molecule has 2 nitrogen and oxygen atoms in total. The molecule has 0 radical (unpaired) electrons. The van der Waals surface area contributed by atoms with Gasteiger partial charge in [0.2, 0.25) is 0 Å². The summed E-state index contributed by atoms with van der Waals surface area (Å²) in [6.07, 6.45) is 4.07. The van der Waals surface area contributed by atoms with Gasteiger partial charge in [0, 0.05) is 22.0 Å². The molecule has 102 valence electrons. The molecule has 0 spiro atoms. The average Bonchev–Trinajstić information content (AvgIpc) is 2.62. The van der Waals surface area contributed by atoms with Gasteiger partial charge in [0.25, 0.3) is 0 Å². The van der Waals surface area contributed by atoms with Crippen molar-refractivity contribution in [1.29, 1.82) is 0 Å². The monoisotopic (exact) mass is 351 g/mol. The van der Waals surface area contributed by atoms with Crippen LogP contribution in [0.3, 0.4) is 0 Å². The summed E-state index contributed by atoms with van der Waals surface area (Å²) >= 11 is 11.2. The van der Waals surface area contributed by atoms with Crippen molar-refractivity contribution in [3.8, 4) is 0 Å². The maximum Gasteiger partial charge on any atom is 0.107 e. The summed E-state index contributed by atoms with van der Waals surface area (Å²) < 4.78 is 7.45. The normalized spacial score (nSPS) is 24.9. The zero-order valence-electron chi connectivity index (χ0n) is 10.7. The molecule has 0 aliphatic heterocycles. The third kappa shape index (κ3) is 3.48. The van der Waals surface area contributed by atoms with Crippen LogP contribution in [0.4, 0.5) is 0 Å². The maximum atomic E-state index is 6.10. The first-order valence-electron chi connectivity index (χ1n) is 6.37. The first-order chi connectivity index (χ1) is 8.63. The number of nitrogens with one attached hydrogen (secondary N) is 1. The molecule has 1 aliphatic carbocycles. The first-order valence-corrected chi connectivity index (χ1v) is 8.36. The summed E-state index contributed by atoms with van der Waals surface area (Å²) in [6, 6.07) is 2.54. The minimum atomic E-state index is 0.409. The van der Waals surface area contributed by atoms with E-state index in [1.165, 1.54) is 24.1 Å². The highest BCUT2D eigenvalue weighted by Gasteiger charge is 2.31. The van der Waals surface area contributed by atoms with Crippen LogP contribution in [0.5, 0.6) is 0 Å². The van der Waals surface area contributed by atoms with E-state index in [0.29, 0.717) is 12.1 Å². The third-order valence-electron chi connectivity index (χ3n) is 3.52. The molecule has 1 N–H and O–H groups in total. The molecule has 1 fully saturated rings. The Morgan fingerprint density at radius 1 is 1.61 bits per heavy atom. The Balaban J connectivity index is 1.87. The number of rotatable bonds is 6. The predicted octanol–water partition coefficient (Wildman–Crippen LogP) is 4.63. The molecule has 1 aromatic rings. The van der Waals surface area contributed by atoms with E-state index in [0.717, 1.165) is 21.3 Å². The summed E-state index contributed by atoms with van der Waals surface area (Å²) in [5, 5.41) is 3.39. The second-order valence-corrected chi connectivity index (χ2v) is 7.30. The summed E-state index contributed by atoms with van der Waals surface area (Å²) in [5.41, 5.74) is 0. The Morgan fingerprint density at radius 2 is 2.33 bits per heavy atom. The Morgan fingerprint density at radius 3 is 2.83 bits per heavy atom. The van der Waals surface area contributed by atoms with Gasteiger partial charge >= 0.3 is 0 Å². The van der Waals surface area contributed by atoms with Gasteiger partial charge in [-0.2, -0.15) is 0 Å². The molecule has 0 saturated heterocycles. The molecule has 5 heteroatoms. The van der Waals surface area contributed by atoms with Crippen molar-refractivity contribution in [3.63, 3.8) is 0 Å².